The van der Waals surface area contributed by atoms with Crippen LogP contribution in [0.15, 0.2) is 24.3 Å². The van der Waals surface area contributed by atoms with Gasteiger partial charge in [0.1, 0.15) is 5.82 Å². The third-order valence-electron chi connectivity index (χ3n) is 3.35. The number of hydrogen-bond acceptors (Lipinski definition) is 1. The van der Waals surface area contributed by atoms with Crippen LogP contribution < -0.4 is 5.32 Å². The van der Waals surface area contributed by atoms with Gasteiger partial charge in [-0.25, -0.2) is 4.39 Å². The zero-order valence-electron chi connectivity index (χ0n) is 11.7. The second kappa shape index (κ2) is 9.09. The van der Waals surface area contributed by atoms with Crippen molar-refractivity contribution in [2.75, 3.05) is 6.54 Å². The molecule has 1 nitrogen and oxygen atoms in total. The fraction of sp³-hybridized carbons (Fsp3) is 0.625. The van der Waals surface area contributed by atoms with Gasteiger partial charge < -0.3 is 5.32 Å². The van der Waals surface area contributed by atoms with E-state index in [0.29, 0.717) is 0 Å². The van der Waals surface area contributed by atoms with Crippen molar-refractivity contribution in [2.45, 2.75) is 58.4 Å². The van der Waals surface area contributed by atoms with Gasteiger partial charge in [-0.05, 0) is 26.0 Å². The van der Waals surface area contributed by atoms with Crippen molar-refractivity contribution in [3.63, 3.8) is 0 Å². The minimum atomic E-state index is -0.111. The lowest BCUT2D eigenvalue weighted by molar-refractivity contribution is 0.505. The summed E-state index contributed by atoms with van der Waals surface area (Å²) >= 11 is 0. The Kier molecular flexibility index (Phi) is 7.66. The van der Waals surface area contributed by atoms with Crippen LogP contribution in [0.3, 0.4) is 0 Å². The van der Waals surface area contributed by atoms with Crippen LogP contribution in [0.5, 0.6) is 0 Å². The van der Waals surface area contributed by atoms with E-state index in [4.69, 9.17) is 0 Å². The van der Waals surface area contributed by atoms with E-state index in [1.807, 2.05) is 19.1 Å². The molecule has 0 aliphatic rings. The molecule has 1 unspecified atom stereocenters. The summed E-state index contributed by atoms with van der Waals surface area (Å²) < 4.78 is 13.5. The maximum atomic E-state index is 13.5. The first-order valence-electron chi connectivity index (χ1n) is 7.23. The van der Waals surface area contributed by atoms with Crippen molar-refractivity contribution in [2.24, 2.45) is 0 Å². The standard InChI is InChI=1S/C16H26FN/c1-3-4-5-6-7-10-13-18-14(2)15-11-8-9-12-16(15)17/h8-9,11-12,14,18H,3-7,10,13H2,1-2H3. The minimum absolute atomic E-state index is 0.0989. The van der Waals surface area contributed by atoms with Crippen LogP contribution in [0.2, 0.25) is 0 Å². The molecule has 18 heavy (non-hydrogen) atoms. The highest BCUT2D eigenvalue weighted by Gasteiger charge is 2.08. The predicted octanol–water partition coefficient (Wildman–Crippen LogP) is 4.84. The molecule has 0 saturated carbocycles. The number of rotatable bonds is 9. The van der Waals surface area contributed by atoms with E-state index in [2.05, 4.69) is 12.2 Å². The largest absolute Gasteiger partial charge is 0.310 e. The van der Waals surface area contributed by atoms with E-state index in [0.717, 1.165) is 12.1 Å². The molecule has 0 bridgehead atoms. The highest BCUT2D eigenvalue weighted by Crippen LogP contribution is 2.16. The van der Waals surface area contributed by atoms with Gasteiger partial charge in [-0.15, -0.1) is 0 Å². The van der Waals surface area contributed by atoms with E-state index < -0.39 is 0 Å². The molecule has 0 spiro atoms. The van der Waals surface area contributed by atoms with Crippen LogP contribution in [-0.2, 0) is 0 Å². The molecule has 0 radical (unpaired) electrons. The first-order chi connectivity index (χ1) is 8.75. The number of unbranched alkanes of at least 4 members (excludes halogenated alkanes) is 5. The number of halogens is 1. The second-order valence-electron chi connectivity index (χ2n) is 4.97. The monoisotopic (exact) mass is 251 g/mol. The zero-order chi connectivity index (χ0) is 13.2. The van der Waals surface area contributed by atoms with E-state index in [1.54, 1.807) is 6.07 Å². The summed E-state index contributed by atoms with van der Waals surface area (Å²) in [6.07, 6.45) is 7.77. The molecule has 1 atom stereocenters. The molecule has 0 fully saturated rings. The Morgan fingerprint density at radius 1 is 1.06 bits per heavy atom. The maximum absolute atomic E-state index is 13.5. The Morgan fingerprint density at radius 3 is 2.44 bits per heavy atom. The first-order valence-corrected chi connectivity index (χ1v) is 7.23. The van der Waals surface area contributed by atoms with Crippen LogP contribution in [0.4, 0.5) is 4.39 Å². The smallest absolute Gasteiger partial charge is 0.127 e. The normalized spacial score (nSPS) is 12.6. The molecule has 0 aliphatic heterocycles. The fourth-order valence-electron chi connectivity index (χ4n) is 2.16. The number of nitrogens with one attached hydrogen (secondary N) is 1. The Labute approximate surface area is 111 Å². The summed E-state index contributed by atoms with van der Waals surface area (Å²) in [7, 11) is 0. The highest BCUT2D eigenvalue weighted by molar-refractivity contribution is 5.20. The van der Waals surface area contributed by atoms with Crippen LogP contribution in [0.1, 0.15) is 64.0 Å². The molecule has 0 heterocycles. The third-order valence-corrected chi connectivity index (χ3v) is 3.35. The fourth-order valence-corrected chi connectivity index (χ4v) is 2.16. The van der Waals surface area contributed by atoms with Gasteiger partial charge in [0.05, 0.1) is 0 Å². The Hall–Kier alpha value is -0.890. The van der Waals surface area contributed by atoms with E-state index in [1.165, 1.54) is 44.6 Å². The predicted molar refractivity (Wildman–Crippen MR) is 76.2 cm³/mol. The molecule has 0 aliphatic carbocycles. The molecule has 0 amide bonds. The topological polar surface area (TPSA) is 12.0 Å². The molecule has 2 heteroatoms. The van der Waals surface area contributed by atoms with E-state index in [9.17, 15) is 4.39 Å². The van der Waals surface area contributed by atoms with Gasteiger partial charge in [-0.3, -0.25) is 0 Å². The van der Waals surface area contributed by atoms with Crippen molar-refractivity contribution in [1.82, 2.24) is 5.32 Å². The molecule has 0 aromatic heterocycles. The first kappa shape index (κ1) is 15.2. The average molecular weight is 251 g/mol. The summed E-state index contributed by atoms with van der Waals surface area (Å²) in [5.41, 5.74) is 0.767. The van der Waals surface area contributed by atoms with Crippen LogP contribution in [-0.4, -0.2) is 6.54 Å². The molecule has 1 N–H and O–H groups in total. The number of benzene rings is 1. The summed E-state index contributed by atoms with van der Waals surface area (Å²) in [6, 6.07) is 7.11. The van der Waals surface area contributed by atoms with Gasteiger partial charge in [0.15, 0.2) is 0 Å². The molecule has 1 aromatic rings. The summed E-state index contributed by atoms with van der Waals surface area (Å²) in [6.45, 7) is 5.23. The summed E-state index contributed by atoms with van der Waals surface area (Å²) in [5, 5.41) is 3.39. The van der Waals surface area contributed by atoms with E-state index in [-0.39, 0.29) is 11.9 Å². The van der Waals surface area contributed by atoms with Crippen LogP contribution >= 0.6 is 0 Å². The third kappa shape index (κ3) is 5.63. The molecule has 102 valence electrons. The van der Waals surface area contributed by atoms with Crippen molar-refractivity contribution in [3.8, 4) is 0 Å². The maximum Gasteiger partial charge on any atom is 0.127 e. The SMILES string of the molecule is CCCCCCCCNC(C)c1ccccc1F. The molecule has 1 aromatic carbocycles. The van der Waals surface area contributed by atoms with Gasteiger partial charge in [0, 0.05) is 11.6 Å². The Balaban J connectivity index is 2.14. The van der Waals surface area contributed by atoms with Gasteiger partial charge in [-0.2, -0.15) is 0 Å². The van der Waals surface area contributed by atoms with Crippen molar-refractivity contribution < 1.29 is 4.39 Å². The lowest BCUT2D eigenvalue weighted by atomic mass is 10.1. The summed E-state index contributed by atoms with van der Waals surface area (Å²) in [5.74, 6) is -0.111. The highest BCUT2D eigenvalue weighted by atomic mass is 19.1. The Bertz CT molecular complexity index is 325. The quantitative estimate of drug-likeness (QED) is 0.619. The van der Waals surface area contributed by atoms with Gasteiger partial charge in [-0.1, -0.05) is 57.2 Å². The molecular formula is C16H26FN. The molecule has 0 saturated heterocycles. The summed E-state index contributed by atoms with van der Waals surface area (Å²) in [4.78, 5) is 0. The van der Waals surface area contributed by atoms with E-state index >= 15 is 0 Å². The lowest BCUT2D eigenvalue weighted by Crippen LogP contribution is -2.20. The van der Waals surface area contributed by atoms with Crippen molar-refractivity contribution >= 4 is 0 Å². The van der Waals surface area contributed by atoms with Crippen molar-refractivity contribution in [1.29, 1.82) is 0 Å². The van der Waals surface area contributed by atoms with Crippen LogP contribution in [0.25, 0.3) is 0 Å². The minimum Gasteiger partial charge on any atom is -0.310 e. The zero-order valence-corrected chi connectivity index (χ0v) is 11.7. The average Bonchev–Trinajstić information content (AvgIpc) is 2.38. The van der Waals surface area contributed by atoms with Gasteiger partial charge in [0.2, 0.25) is 0 Å². The van der Waals surface area contributed by atoms with Crippen LogP contribution in [0, 0.1) is 5.82 Å². The molecule has 1 rings (SSSR count). The second-order valence-corrected chi connectivity index (χ2v) is 4.97. The van der Waals surface area contributed by atoms with Gasteiger partial charge >= 0.3 is 0 Å². The van der Waals surface area contributed by atoms with Crippen molar-refractivity contribution in [3.05, 3.63) is 35.6 Å². The Morgan fingerprint density at radius 2 is 1.72 bits per heavy atom. The van der Waals surface area contributed by atoms with Gasteiger partial charge in [0.25, 0.3) is 0 Å². The lowest BCUT2D eigenvalue weighted by Gasteiger charge is -2.14. The number of hydrogen-bond donors (Lipinski definition) is 1. The molecular weight excluding hydrogens is 225 g/mol.